The van der Waals surface area contributed by atoms with Gasteiger partial charge in [0.25, 0.3) is 0 Å². The van der Waals surface area contributed by atoms with E-state index in [1.165, 1.54) is 0 Å². The largest absolute Gasteiger partial charge is 0.481 e. The Morgan fingerprint density at radius 3 is 1.24 bits per heavy atom. The standard InChI is InChI=1S/C46H74O4/c1-3-5-7-9-11-13-15-17-19-20-22-24-26-28-30-35-39-43-46(49)50-44(41-37-33-31-34-38-42-45(47)48)40-36-32-29-27-25-23-21-18-16-14-12-10-8-6-4-2/h5-8,11-14,17-19,21-22,24-25,27,44H,3-4,9-10,15-16,20,23,26,28-43H2,1-2H3,(H,47,48)/b7-5-,8-6-,13-11-,14-12-,19-17-,21-18-,24-22-,27-25-. The van der Waals surface area contributed by atoms with Gasteiger partial charge in [-0.25, -0.2) is 0 Å². The monoisotopic (exact) mass is 691 g/mol. The number of unbranched alkanes of at least 4 members (excludes halogenated alkanes) is 10. The van der Waals surface area contributed by atoms with Gasteiger partial charge in [0, 0.05) is 12.8 Å². The molecule has 0 aliphatic rings. The Balaban J connectivity index is 4.22. The number of hydrogen-bond donors (Lipinski definition) is 1. The van der Waals surface area contributed by atoms with Crippen molar-refractivity contribution in [3.05, 3.63) is 97.2 Å². The van der Waals surface area contributed by atoms with Gasteiger partial charge in [-0.2, -0.15) is 0 Å². The van der Waals surface area contributed by atoms with Gasteiger partial charge in [-0.1, -0.05) is 143 Å². The Morgan fingerprint density at radius 1 is 0.440 bits per heavy atom. The van der Waals surface area contributed by atoms with Gasteiger partial charge >= 0.3 is 11.9 Å². The van der Waals surface area contributed by atoms with Crippen molar-refractivity contribution >= 4 is 11.9 Å². The van der Waals surface area contributed by atoms with Crippen molar-refractivity contribution in [3.63, 3.8) is 0 Å². The Labute approximate surface area is 308 Å². The van der Waals surface area contributed by atoms with Gasteiger partial charge in [0.2, 0.25) is 0 Å². The van der Waals surface area contributed by atoms with Gasteiger partial charge in [0.1, 0.15) is 6.10 Å². The van der Waals surface area contributed by atoms with Crippen LogP contribution in [-0.2, 0) is 14.3 Å². The van der Waals surface area contributed by atoms with E-state index < -0.39 is 5.97 Å². The maximum atomic E-state index is 12.7. The molecular formula is C46H74O4. The maximum Gasteiger partial charge on any atom is 0.306 e. The summed E-state index contributed by atoms with van der Waals surface area (Å²) in [6.07, 6.45) is 59.9. The van der Waals surface area contributed by atoms with Crippen molar-refractivity contribution < 1.29 is 19.4 Å². The Kier molecular flexibility index (Phi) is 37.8. The molecule has 0 bridgehead atoms. The first-order chi connectivity index (χ1) is 24.6. The van der Waals surface area contributed by atoms with Crippen molar-refractivity contribution in [3.8, 4) is 0 Å². The van der Waals surface area contributed by atoms with E-state index in [0.717, 1.165) is 148 Å². The number of hydrogen-bond acceptors (Lipinski definition) is 3. The minimum absolute atomic E-state index is 0.00268. The summed E-state index contributed by atoms with van der Waals surface area (Å²) in [6, 6.07) is 0. The topological polar surface area (TPSA) is 63.6 Å². The van der Waals surface area contributed by atoms with Crippen LogP contribution in [0.15, 0.2) is 97.2 Å². The van der Waals surface area contributed by atoms with Crippen molar-refractivity contribution in [2.75, 3.05) is 0 Å². The number of ether oxygens (including phenoxy) is 1. The van der Waals surface area contributed by atoms with Crippen LogP contribution in [0.5, 0.6) is 0 Å². The lowest BCUT2D eigenvalue weighted by Crippen LogP contribution is -2.18. The highest BCUT2D eigenvalue weighted by atomic mass is 16.5. The second kappa shape index (κ2) is 40.3. The summed E-state index contributed by atoms with van der Waals surface area (Å²) in [5.41, 5.74) is 0. The average molecular weight is 691 g/mol. The molecule has 0 amide bonds. The van der Waals surface area contributed by atoms with E-state index in [9.17, 15) is 9.59 Å². The lowest BCUT2D eigenvalue weighted by molar-refractivity contribution is -0.150. The summed E-state index contributed by atoms with van der Waals surface area (Å²) in [5, 5.41) is 8.83. The zero-order chi connectivity index (χ0) is 36.4. The van der Waals surface area contributed by atoms with Crippen molar-refractivity contribution in [1.29, 1.82) is 0 Å². The second-order valence-corrected chi connectivity index (χ2v) is 13.1. The fourth-order valence-corrected chi connectivity index (χ4v) is 5.40. The van der Waals surface area contributed by atoms with Crippen LogP contribution in [0.25, 0.3) is 0 Å². The smallest absolute Gasteiger partial charge is 0.306 e. The summed E-state index contributed by atoms with van der Waals surface area (Å²) >= 11 is 0. The third-order valence-electron chi connectivity index (χ3n) is 8.30. The molecule has 1 N–H and O–H groups in total. The molecule has 282 valence electrons. The van der Waals surface area contributed by atoms with Gasteiger partial charge < -0.3 is 9.84 Å². The van der Waals surface area contributed by atoms with Crippen molar-refractivity contribution in [2.24, 2.45) is 0 Å². The number of aliphatic carboxylic acids is 1. The number of rotatable bonds is 35. The first-order valence-corrected chi connectivity index (χ1v) is 20.2. The summed E-state index contributed by atoms with van der Waals surface area (Å²) in [7, 11) is 0. The molecule has 0 aromatic heterocycles. The molecule has 50 heavy (non-hydrogen) atoms. The summed E-state index contributed by atoms with van der Waals surface area (Å²) < 4.78 is 5.98. The van der Waals surface area contributed by atoms with E-state index in [1.54, 1.807) is 0 Å². The van der Waals surface area contributed by atoms with Gasteiger partial charge in [-0.05, 0) is 116 Å². The molecule has 4 heteroatoms. The third-order valence-corrected chi connectivity index (χ3v) is 8.30. The normalized spacial score (nSPS) is 13.3. The third kappa shape index (κ3) is 39.3. The van der Waals surface area contributed by atoms with E-state index >= 15 is 0 Å². The summed E-state index contributed by atoms with van der Waals surface area (Å²) in [4.78, 5) is 23.4. The van der Waals surface area contributed by atoms with Gasteiger partial charge in [-0.15, -0.1) is 0 Å². The maximum absolute atomic E-state index is 12.7. The van der Waals surface area contributed by atoms with Crippen LogP contribution in [0, 0.1) is 0 Å². The second-order valence-electron chi connectivity index (χ2n) is 13.1. The van der Waals surface area contributed by atoms with E-state index in [2.05, 4.69) is 111 Å². The molecule has 0 aliphatic heterocycles. The molecule has 0 aromatic rings. The Bertz CT molecular complexity index is 1010. The Hall–Kier alpha value is -3.14. The molecule has 0 saturated carbocycles. The molecule has 0 radical (unpaired) electrons. The highest BCUT2D eigenvalue weighted by Crippen LogP contribution is 2.18. The molecule has 0 spiro atoms. The lowest BCUT2D eigenvalue weighted by atomic mass is 10.0. The van der Waals surface area contributed by atoms with E-state index in [4.69, 9.17) is 9.84 Å². The molecule has 0 rings (SSSR count). The van der Waals surface area contributed by atoms with Crippen LogP contribution in [0.1, 0.15) is 174 Å². The number of carbonyl (C=O) groups excluding carboxylic acids is 1. The molecule has 1 atom stereocenters. The van der Waals surface area contributed by atoms with Crippen LogP contribution in [0.4, 0.5) is 0 Å². The Morgan fingerprint density at radius 2 is 0.780 bits per heavy atom. The van der Waals surface area contributed by atoms with E-state index in [0.29, 0.717) is 6.42 Å². The fraction of sp³-hybridized carbons (Fsp3) is 0.609. The molecule has 0 aliphatic carbocycles. The van der Waals surface area contributed by atoms with Crippen molar-refractivity contribution in [1.82, 2.24) is 0 Å². The summed E-state index contributed by atoms with van der Waals surface area (Å²) in [5.74, 6) is -0.762. The molecular weight excluding hydrogens is 617 g/mol. The van der Waals surface area contributed by atoms with Crippen LogP contribution in [0.2, 0.25) is 0 Å². The molecule has 0 aromatic carbocycles. The highest BCUT2D eigenvalue weighted by Gasteiger charge is 2.14. The predicted molar refractivity (Wildman–Crippen MR) is 217 cm³/mol. The molecule has 0 saturated heterocycles. The zero-order valence-electron chi connectivity index (χ0n) is 32.2. The lowest BCUT2D eigenvalue weighted by Gasteiger charge is -2.18. The zero-order valence-corrected chi connectivity index (χ0v) is 32.2. The minimum Gasteiger partial charge on any atom is -0.481 e. The van der Waals surface area contributed by atoms with Gasteiger partial charge in [-0.3, -0.25) is 9.59 Å². The van der Waals surface area contributed by atoms with Crippen LogP contribution >= 0.6 is 0 Å². The van der Waals surface area contributed by atoms with E-state index in [-0.39, 0.29) is 18.5 Å². The van der Waals surface area contributed by atoms with Crippen molar-refractivity contribution in [2.45, 2.75) is 180 Å². The first kappa shape index (κ1) is 46.9. The van der Waals surface area contributed by atoms with Crippen LogP contribution in [-0.4, -0.2) is 23.1 Å². The van der Waals surface area contributed by atoms with Gasteiger partial charge in [0.15, 0.2) is 0 Å². The van der Waals surface area contributed by atoms with Gasteiger partial charge in [0.05, 0.1) is 0 Å². The molecule has 0 fully saturated rings. The highest BCUT2D eigenvalue weighted by molar-refractivity contribution is 5.69. The number of carbonyl (C=O) groups is 2. The minimum atomic E-state index is -0.715. The summed E-state index contributed by atoms with van der Waals surface area (Å²) in [6.45, 7) is 4.31. The molecule has 0 heterocycles. The van der Waals surface area contributed by atoms with Crippen LogP contribution < -0.4 is 0 Å². The predicted octanol–water partition coefficient (Wildman–Crippen LogP) is 14.2. The SMILES string of the molecule is CC/C=C\C/C=C\C/C=C\C/C=C\CCCCCCC(=O)OC(CCCC/C=C\C/C=C\C/C=C\C/C=C\CC)CCCCCCCC(=O)O. The number of carboxylic acids is 1. The number of carboxylic acid groups (broad SMARTS) is 1. The van der Waals surface area contributed by atoms with E-state index in [1.807, 2.05) is 0 Å². The first-order valence-electron chi connectivity index (χ1n) is 20.2. The molecule has 1 unspecified atom stereocenters. The number of esters is 1. The quantitative estimate of drug-likeness (QED) is 0.0408. The average Bonchev–Trinajstić information content (AvgIpc) is 3.10. The fourth-order valence-electron chi connectivity index (χ4n) is 5.40. The molecule has 4 nitrogen and oxygen atoms in total. The number of allylic oxidation sites excluding steroid dienone is 16. The van der Waals surface area contributed by atoms with Crippen LogP contribution in [0.3, 0.4) is 0 Å².